The molecule has 1 fully saturated rings. The second kappa shape index (κ2) is 6.67. The van der Waals surface area contributed by atoms with Crippen LogP contribution in [0.3, 0.4) is 0 Å². The van der Waals surface area contributed by atoms with E-state index in [1.165, 1.54) is 36.4 Å². The van der Waals surface area contributed by atoms with E-state index in [1.54, 1.807) is 17.0 Å². The van der Waals surface area contributed by atoms with Gasteiger partial charge in [-0.2, -0.15) is 4.98 Å². The van der Waals surface area contributed by atoms with Gasteiger partial charge in [0.05, 0.1) is 0 Å². The van der Waals surface area contributed by atoms with Crippen LogP contribution in [-0.2, 0) is 0 Å². The van der Waals surface area contributed by atoms with Gasteiger partial charge in [0.15, 0.2) is 0 Å². The van der Waals surface area contributed by atoms with E-state index in [4.69, 9.17) is 4.52 Å². The average molecular weight is 355 g/mol. The zero-order valence-electron chi connectivity index (χ0n) is 13.7. The third-order valence-corrected chi connectivity index (χ3v) is 4.43. The van der Waals surface area contributed by atoms with Gasteiger partial charge in [-0.05, 0) is 61.4 Å². The summed E-state index contributed by atoms with van der Waals surface area (Å²) in [7, 11) is 0. The average Bonchev–Trinajstić information content (AvgIpc) is 3.31. The number of likely N-dealkylation sites (tertiary alicyclic amines) is 1. The lowest BCUT2D eigenvalue weighted by atomic mass is 10.1. The van der Waals surface area contributed by atoms with Gasteiger partial charge in [-0.3, -0.25) is 4.79 Å². The predicted molar refractivity (Wildman–Crippen MR) is 89.1 cm³/mol. The quantitative estimate of drug-likeness (QED) is 0.713. The van der Waals surface area contributed by atoms with E-state index in [-0.39, 0.29) is 23.6 Å². The van der Waals surface area contributed by atoms with Gasteiger partial charge in [0.1, 0.15) is 17.7 Å². The summed E-state index contributed by atoms with van der Waals surface area (Å²) in [6.07, 6.45) is 1.52. The van der Waals surface area contributed by atoms with Crippen molar-refractivity contribution in [2.24, 2.45) is 0 Å². The van der Waals surface area contributed by atoms with E-state index in [9.17, 15) is 13.6 Å². The van der Waals surface area contributed by atoms with Crippen LogP contribution in [0.15, 0.2) is 53.1 Å². The number of amides is 1. The van der Waals surface area contributed by atoms with E-state index in [2.05, 4.69) is 10.1 Å². The molecule has 7 heteroatoms. The van der Waals surface area contributed by atoms with E-state index in [1.807, 2.05) is 0 Å². The van der Waals surface area contributed by atoms with Gasteiger partial charge in [0.25, 0.3) is 5.91 Å². The smallest absolute Gasteiger partial charge is 0.254 e. The normalized spacial score (nSPS) is 16.8. The molecule has 132 valence electrons. The van der Waals surface area contributed by atoms with Crippen molar-refractivity contribution < 1.29 is 18.1 Å². The fourth-order valence-corrected chi connectivity index (χ4v) is 3.11. The van der Waals surface area contributed by atoms with Gasteiger partial charge in [-0.15, -0.1) is 0 Å². The van der Waals surface area contributed by atoms with Crippen LogP contribution >= 0.6 is 0 Å². The number of benzene rings is 2. The molecule has 0 N–H and O–H groups in total. The van der Waals surface area contributed by atoms with E-state index in [0.717, 1.165) is 6.42 Å². The monoisotopic (exact) mass is 355 g/mol. The SMILES string of the molecule is O=C(c1ccc(F)cc1)N1CCCC1c1nc(-c2ccc(F)cc2)no1. The zero-order chi connectivity index (χ0) is 18.1. The summed E-state index contributed by atoms with van der Waals surface area (Å²) >= 11 is 0. The molecular weight excluding hydrogens is 340 g/mol. The number of hydrogen-bond acceptors (Lipinski definition) is 4. The number of halogens is 2. The summed E-state index contributed by atoms with van der Waals surface area (Å²) < 4.78 is 31.5. The Labute approximate surface area is 148 Å². The van der Waals surface area contributed by atoms with Gasteiger partial charge in [0.2, 0.25) is 11.7 Å². The first-order valence-corrected chi connectivity index (χ1v) is 8.28. The predicted octanol–water partition coefficient (Wildman–Crippen LogP) is 3.99. The number of carbonyl (C=O) groups is 1. The summed E-state index contributed by atoms with van der Waals surface area (Å²) in [6.45, 7) is 0.565. The Bertz CT molecular complexity index is 923. The lowest BCUT2D eigenvalue weighted by Gasteiger charge is -2.21. The first-order valence-electron chi connectivity index (χ1n) is 8.28. The number of rotatable bonds is 3. The largest absolute Gasteiger partial charge is 0.337 e. The second-order valence-electron chi connectivity index (χ2n) is 6.13. The molecule has 0 spiro atoms. The van der Waals surface area contributed by atoms with Gasteiger partial charge in [-0.25, -0.2) is 8.78 Å². The van der Waals surface area contributed by atoms with Crippen LogP contribution in [0.2, 0.25) is 0 Å². The third-order valence-electron chi connectivity index (χ3n) is 4.43. The summed E-state index contributed by atoms with van der Waals surface area (Å²) in [5, 5.41) is 3.94. The zero-order valence-corrected chi connectivity index (χ0v) is 13.7. The van der Waals surface area contributed by atoms with Crippen molar-refractivity contribution in [2.75, 3.05) is 6.54 Å². The molecule has 1 unspecified atom stereocenters. The highest BCUT2D eigenvalue weighted by molar-refractivity contribution is 5.94. The molecule has 1 aromatic heterocycles. The molecule has 4 rings (SSSR count). The molecule has 1 aliphatic heterocycles. The lowest BCUT2D eigenvalue weighted by molar-refractivity contribution is 0.0710. The molecule has 1 aliphatic rings. The molecule has 0 aliphatic carbocycles. The summed E-state index contributed by atoms with van der Waals surface area (Å²) in [4.78, 5) is 18.8. The van der Waals surface area contributed by atoms with Crippen molar-refractivity contribution >= 4 is 5.91 Å². The summed E-state index contributed by atoms with van der Waals surface area (Å²) in [6, 6.07) is 10.9. The molecule has 2 aromatic carbocycles. The topological polar surface area (TPSA) is 59.2 Å². The Kier molecular flexibility index (Phi) is 4.20. The maximum absolute atomic E-state index is 13.1. The van der Waals surface area contributed by atoms with Crippen LogP contribution < -0.4 is 0 Å². The molecule has 2 heterocycles. The van der Waals surface area contributed by atoms with E-state index < -0.39 is 0 Å². The van der Waals surface area contributed by atoms with Crippen LogP contribution in [0, 0.1) is 11.6 Å². The molecule has 1 saturated heterocycles. The van der Waals surface area contributed by atoms with Crippen molar-refractivity contribution in [3.63, 3.8) is 0 Å². The first kappa shape index (κ1) is 16.4. The van der Waals surface area contributed by atoms with Crippen LogP contribution in [0.5, 0.6) is 0 Å². The highest BCUT2D eigenvalue weighted by Gasteiger charge is 2.34. The number of carbonyl (C=O) groups excluding carboxylic acids is 1. The maximum Gasteiger partial charge on any atom is 0.254 e. The fourth-order valence-electron chi connectivity index (χ4n) is 3.11. The number of aromatic nitrogens is 2. The molecule has 1 amide bonds. The highest BCUT2D eigenvalue weighted by Crippen LogP contribution is 2.33. The molecule has 26 heavy (non-hydrogen) atoms. The van der Waals surface area contributed by atoms with Crippen molar-refractivity contribution in [3.8, 4) is 11.4 Å². The Morgan fingerprint density at radius 3 is 2.38 bits per heavy atom. The minimum absolute atomic E-state index is 0.200. The molecule has 5 nitrogen and oxygen atoms in total. The summed E-state index contributed by atoms with van der Waals surface area (Å²) in [5.74, 6) is -0.239. The summed E-state index contributed by atoms with van der Waals surface area (Å²) in [5.41, 5.74) is 1.05. The Morgan fingerprint density at radius 2 is 1.69 bits per heavy atom. The second-order valence-corrected chi connectivity index (χ2v) is 6.13. The first-order chi connectivity index (χ1) is 12.6. The van der Waals surface area contributed by atoms with Gasteiger partial charge in [0, 0.05) is 17.7 Å². The number of hydrogen-bond donors (Lipinski definition) is 0. The van der Waals surface area contributed by atoms with Gasteiger partial charge in [-0.1, -0.05) is 5.16 Å². The van der Waals surface area contributed by atoms with Crippen LogP contribution in [0.25, 0.3) is 11.4 Å². The van der Waals surface area contributed by atoms with E-state index >= 15 is 0 Å². The highest BCUT2D eigenvalue weighted by atomic mass is 19.1. The lowest BCUT2D eigenvalue weighted by Crippen LogP contribution is -2.30. The Morgan fingerprint density at radius 1 is 1.04 bits per heavy atom. The molecule has 1 atom stereocenters. The van der Waals surface area contributed by atoms with Crippen LogP contribution in [-0.4, -0.2) is 27.5 Å². The van der Waals surface area contributed by atoms with Crippen molar-refractivity contribution in [1.29, 1.82) is 0 Å². The molecule has 3 aromatic rings. The number of nitrogens with zero attached hydrogens (tertiary/aromatic N) is 3. The minimum Gasteiger partial charge on any atom is -0.337 e. The van der Waals surface area contributed by atoms with Crippen LogP contribution in [0.4, 0.5) is 8.78 Å². The molecule has 0 radical (unpaired) electrons. The third kappa shape index (κ3) is 3.08. The van der Waals surface area contributed by atoms with Gasteiger partial charge >= 0.3 is 0 Å². The Balaban J connectivity index is 1.58. The van der Waals surface area contributed by atoms with E-state index in [0.29, 0.717) is 35.8 Å². The maximum atomic E-state index is 13.1. The van der Waals surface area contributed by atoms with Crippen molar-refractivity contribution in [1.82, 2.24) is 15.0 Å². The fraction of sp³-hybridized carbons (Fsp3) is 0.211. The molecule has 0 bridgehead atoms. The van der Waals surface area contributed by atoms with Crippen molar-refractivity contribution in [2.45, 2.75) is 18.9 Å². The van der Waals surface area contributed by atoms with Crippen molar-refractivity contribution in [3.05, 3.63) is 71.6 Å². The van der Waals surface area contributed by atoms with Crippen LogP contribution in [0.1, 0.15) is 35.1 Å². The molecule has 0 saturated carbocycles. The standard InChI is InChI=1S/C19H15F2N3O2/c20-14-7-3-12(4-8-14)17-22-18(26-23-17)16-2-1-11-24(16)19(25)13-5-9-15(21)10-6-13/h3-10,16H,1-2,11H2. The Hall–Kier alpha value is -3.09. The minimum atomic E-state index is -0.389. The molecular formula is C19H15F2N3O2. The van der Waals surface area contributed by atoms with Gasteiger partial charge < -0.3 is 9.42 Å².